The molecule has 138 valence electrons. The van der Waals surface area contributed by atoms with Gasteiger partial charge in [0.25, 0.3) is 0 Å². The molecule has 0 spiro atoms. The molecule has 0 fully saturated rings. The maximum atomic E-state index is 12.9. The van der Waals surface area contributed by atoms with Crippen molar-refractivity contribution in [1.29, 1.82) is 0 Å². The van der Waals surface area contributed by atoms with E-state index < -0.39 is 11.7 Å². The molecular formula is C19H30F3NO. The predicted molar refractivity (Wildman–Crippen MR) is 95.0 cm³/mol. The predicted octanol–water partition coefficient (Wildman–Crippen LogP) is 5.84. The summed E-state index contributed by atoms with van der Waals surface area (Å²) < 4.78 is 44.2. The van der Waals surface area contributed by atoms with Crippen LogP contribution in [0.5, 0.6) is 0 Å². The number of halogens is 3. The SMILES string of the molecule is C=C(OCC(C)(C)NC)c1ccc(C(F)(F)F)cc1C(C)C.CC. The van der Waals surface area contributed by atoms with Crippen molar-refractivity contribution in [3.8, 4) is 0 Å². The molecule has 1 N–H and O–H groups in total. The van der Waals surface area contributed by atoms with Gasteiger partial charge >= 0.3 is 6.18 Å². The van der Waals surface area contributed by atoms with E-state index in [9.17, 15) is 13.2 Å². The normalized spacial score (nSPS) is 11.8. The number of rotatable bonds is 6. The monoisotopic (exact) mass is 345 g/mol. The third-order valence-electron chi connectivity index (χ3n) is 3.59. The Hall–Kier alpha value is -1.49. The Kier molecular flexibility index (Phi) is 8.55. The minimum atomic E-state index is -4.35. The van der Waals surface area contributed by atoms with Crippen molar-refractivity contribution < 1.29 is 17.9 Å². The van der Waals surface area contributed by atoms with Crippen molar-refractivity contribution in [3.05, 3.63) is 41.5 Å². The van der Waals surface area contributed by atoms with Gasteiger partial charge in [-0.2, -0.15) is 13.2 Å². The van der Waals surface area contributed by atoms with E-state index in [0.717, 1.165) is 6.07 Å². The van der Waals surface area contributed by atoms with Crippen molar-refractivity contribution >= 4 is 5.76 Å². The molecule has 0 aliphatic carbocycles. The Labute approximate surface area is 144 Å². The van der Waals surface area contributed by atoms with Crippen LogP contribution in [0.25, 0.3) is 5.76 Å². The highest BCUT2D eigenvalue weighted by Gasteiger charge is 2.31. The Morgan fingerprint density at radius 2 is 1.75 bits per heavy atom. The highest BCUT2D eigenvalue weighted by Crippen LogP contribution is 2.34. The fourth-order valence-corrected chi connectivity index (χ4v) is 1.89. The average Bonchev–Trinajstić information content (AvgIpc) is 2.53. The Balaban J connectivity index is 0.00000254. The summed E-state index contributed by atoms with van der Waals surface area (Å²) in [6.45, 7) is 15.9. The van der Waals surface area contributed by atoms with Gasteiger partial charge in [0.2, 0.25) is 0 Å². The second-order valence-corrected chi connectivity index (χ2v) is 6.30. The molecule has 0 aromatic heterocycles. The summed E-state index contributed by atoms with van der Waals surface area (Å²) in [5, 5.41) is 3.10. The molecule has 1 rings (SSSR count). The molecule has 24 heavy (non-hydrogen) atoms. The Morgan fingerprint density at radius 1 is 1.21 bits per heavy atom. The second kappa shape index (κ2) is 9.11. The molecule has 0 aliphatic rings. The quantitative estimate of drug-likeness (QED) is 0.654. The van der Waals surface area contributed by atoms with Crippen LogP contribution in [0.4, 0.5) is 13.2 Å². The van der Waals surface area contributed by atoms with Crippen LogP contribution in [0.3, 0.4) is 0 Å². The fourth-order valence-electron chi connectivity index (χ4n) is 1.89. The van der Waals surface area contributed by atoms with Gasteiger partial charge in [-0.25, -0.2) is 0 Å². The van der Waals surface area contributed by atoms with Gasteiger partial charge in [0.1, 0.15) is 12.4 Å². The van der Waals surface area contributed by atoms with Gasteiger partial charge in [-0.05, 0) is 44.5 Å². The molecule has 0 unspecified atom stereocenters. The third kappa shape index (κ3) is 6.56. The minimum Gasteiger partial charge on any atom is -0.492 e. The minimum absolute atomic E-state index is 0.0602. The van der Waals surface area contributed by atoms with E-state index in [1.165, 1.54) is 12.1 Å². The maximum absolute atomic E-state index is 12.9. The van der Waals surface area contributed by atoms with Crippen LogP contribution >= 0.6 is 0 Å². The summed E-state index contributed by atoms with van der Waals surface area (Å²) in [6, 6.07) is 3.68. The summed E-state index contributed by atoms with van der Waals surface area (Å²) in [7, 11) is 1.82. The van der Waals surface area contributed by atoms with Gasteiger partial charge in [0, 0.05) is 11.1 Å². The Bertz CT molecular complexity index is 534. The van der Waals surface area contributed by atoms with Gasteiger partial charge in [-0.3, -0.25) is 0 Å². The smallest absolute Gasteiger partial charge is 0.416 e. The fraction of sp³-hybridized carbons (Fsp3) is 0.579. The van der Waals surface area contributed by atoms with Crippen LogP contribution in [-0.2, 0) is 10.9 Å². The van der Waals surface area contributed by atoms with E-state index in [2.05, 4.69) is 11.9 Å². The van der Waals surface area contributed by atoms with Crippen LogP contribution in [-0.4, -0.2) is 19.2 Å². The number of ether oxygens (including phenoxy) is 1. The van der Waals surface area contributed by atoms with Crippen LogP contribution in [0.2, 0.25) is 0 Å². The van der Waals surface area contributed by atoms with Crippen LogP contribution in [0.15, 0.2) is 24.8 Å². The first-order chi connectivity index (χ1) is 11.0. The zero-order valence-electron chi connectivity index (χ0n) is 15.8. The van der Waals surface area contributed by atoms with E-state index in [0.29, 0.717) is 23.5 Å². The first-order valence-corrected chi connectivity index (χ1v) is 8.20. The molecule has 0 aliphatic heterocycles. The first kappa shape index (κ1) is 22.5. The van der Waals surface area contributed by atoms with E-state index in [-0.39, 0.29) is 11.5 Å². The number of likely N-dealkylation sites (N-methyl/N-ethyl adjacent to an activating group) is 1. The average molecular weight is 345 g/mol. The van der Waals surface area contributed by atoms with E-state index in [1.54, 1.807) is 0 Å². The zero-order chi connectivity index (χ0) is 19.1. The highest BCUT2D eigenvalue weighted by molar-refractivity contribution is 5.62. The van der Waals surface area contributed by atoms with Gasteiger partial charge in [0.15, 0.2) is 0 Å². The maximum Gasteiger partial charge on any atom is 0.416 e. The van der Waals surface area contributed by atoms with Gasteiger partial charge < -0.3 is 10.1 Å². The molecule has 5 heteroatoms. The lowest BCUT2D eigenvalue weighted by molar-refractivity contribution is -0.137. The van der Waals surface area contributed by atoms with Crippen molar-refractivity contribution in [3.63, 3.8) is 0 Å². The molecule has 0 atom stereocenters. The van der Waals surface area contributed by atoms with Crippen molar-refractivity contribution in [2.75, 3.05) is 13.7 Å². The molecule has 0 saturated heterocycles. The lowest BCUT2D eigenvalue weighted by atomic mass is 9.94. The number of hydrogen-bond acceptors (Lipinski definition) is 2. The first-order valence-electron chi connectivity index (χ1n) is 8.20. The van der Waals surface area contributed by atoms with E-state index in [1.807, 2.05) is 48.6 Å². The summed E-state index contributed by atoms with van der Waals surface area (Å²) >= 11 is 0. The number of nitrogens with one attached hydrogen (secondary N) is 1. The molecule has 0 radical (unpaired) electrons. The summed E-state index contributed by atoms with van der Waals surface area (Å²) in [5.41, 5.74) is 0.313. The van der Waals surface area contributed by atoms with Crippen molar-refractivity contribution in [2.24, 2.45) is 0 Å². The number of benzene rings is 1. The van der Waals surface area contributed by atoms with Crippen LogP contribution < -0.4 is 5.32 Å². The summed E-state index contributed by atoms with van der Waals surface area (Å²) in [4.78, 5) is 0. The molecule has 0 heterocycles. The van der Waals surface area contributed by atoms with Crippen LogP contribution in [0.1, 0.15) is 64.2 Å². The molecule has 0 amide bonds. The molecule has 1 aromatic carbocycles. The van der Waals surface area contributed by atoms with Gasteiger partial charge in [-0.1, -0.05) is 40.3 Å². The van der Waals surface area contributed by atoms with Crippen molar-refractivity contribution in [2.45, 2.75) is 59.2 Å². The molecular weight excluding hydrogens is 315 g/mol. The Morgan fingerprint density at radius 3 is 2.17 bits per heavy atom. The zero-order valence-corrected chi connectivity index (χ0v) is 15.8. The topological polar surface area (TPSA) is 21.3 Å². The summed E-state index contributed by atoms with van der Waals surface area (Å²) in [5.74, 6) is 0.329. The van der Waals surface area contributed by atoms with Gasteiger partial charge in [-0.15, -0.1) is 0 Å². The largest absolute Gasteiger partial charge is 0.492 e. The molecule has 2 nitrogen and oxygen atoms in total. The summed E-state index contributed by atoms with van der Waals surface area (Å²) in [6.07, 6.45) is -4.35. The van der Waals surface area contributed by atoms with Crippen molar-refractivity contribution in [1.82, 2.24) is 5.32 Å². The van der Waals surface area contributed by atoms with Crippen LogP contribution in [0, 0.1) is 0 Å². The molecule has 0 bridgehead atoms. The third-order valence-corrected chi connectivity index (χ3v) is 3.59. The van der Waals surface area contributed by atoms with E-state index in [4.69, 9.17) is 4.74 Å². The lowest BCUT2D eigenvalue weighted by Crippen LogP contribution is -2.40. The molecule has 1 aromatic rings. The number of alkyl halides is 3. The molecule has 0 saturated carbocycles. The standard InChI is InChI=1S/C17H24F3NO.C2H6/c1-11(2)15-9-13(17(18,19)20)7-8-14(15)12(3)22-10-16(4,5)21-6;1-2/h7-9,11,21H,3,10H2,1-2,4-6H3;1-2H3. The van der Waals surface area contributed by atoms with Gasteiger partial charge in [0.05, 0.1) is 5.56 Å². The van der Waals surface area contributed by atoms with E-state index >= 15 is 0 Å². The lowest BCUT2D eigenvalue weighted by Gasteiger charge is -2.25. The highest BCUT2D eigenvalue weighted by atomic mass is 19.4. The number of hydrogen-bond donors (Lipinski definition) is 1. The second-order valence-electron chi connectivity index (χ2n) is 6.30.